The molecule has 0 radical (unpaired) electrons. The van der Waals surface area contributed by atoms with Gasteiger partial charge in [0.2, 0.25) is 5.91 Å². The van der Waals surface area contributed by atoms with E-state index in [0.717, 1.165) is 5.69 Å². The summed E-state index contributed by atoms with van der Waals surface area (Å²) >= 11 is 0. The van der Waals surface area contributed by atoms with E-state index in [2.05, 4.69) is 10.2 Å². The van der Waals surface area contributed by atoms with Crippen LogP contribution in [0.3, 0.4) is 0 Å². The molecule has 2 aromatic carbocycles. The summed E-state index contributed by atoms with van der Waals surface area (Å²) in [5.74, 6) is 0.568. The highest BCUT2D eigenvalue weighted by atomic mass is 16.6. The van der Waals surface area contributed by atoms with Crippen molar-refractivity contribution < 1.29 is 19.2 Å². The van der Waals surface area contributed by atoms with Crippen LogP contribution in [0.5, 0.6) is 5.75 Å². The highest BCUT2D eigenvalue weighted by Crippen LogP contribution is 2.29. The van der Waals surface area contributed by atoms with Crippen LogP contribution >= 0.6 is 0 Å². The zero-order chi connectivity index (χ0) is 20.3. The molecular formula is C20H23N3O5. The maximum atomic E-state index is 11.1. The minimum Gasteiger partial charge on any atom is -0.491 e. The van der Waals surface area contributed by atoms with Crippen molar-refractivity contribution >= 4 is 23.0 Å². The first kappa shape index (κ1) is 19.6. The number of anilines is 2. The van der Waals surface area contributed by atoms with Gasteiger partial charge in [0.25, 0.3) is 5.69 Å². The fourth-order valence-corrected chi connectivity index (χ4v) is 3.22. The van der Waals surface area contributed by atoms with E-state index in [0.29, 0.717) is 30.2 Å². The summed E-state index contributed by atoms with van der Waals surface area (Å²) in [6.45, 7) is 6.14. The van der Waals surface area contributed by atoms with Gasteiger partial charge in [-0.2, -0.15) is 0 Å². The molecule has 8 heteroatoms. The van der Waals surface area contributed by atoms with Gasteiger partial charge in [-0.15, -0.1) is 0 Å². The Kier molecular flexibility index (Phi) is 5.79. The SMILES string of the molecule is CC(=O)Nc1ccc(OC[C@@H]2CN(c3ccc([N+](=O)[O-])c(C)c3)[C@@H](C)O2)cc1. The molecule has 148 valence electrons. The number of carbonyl (C=O) groups excluding carboxylic acids is 1. The number of ether oxygens (including phenoxy) is 2. The summed E-state index contributed by atoms with van der Waals surface area (Å²) in [7, 11) is 0. The largest absolute Gasteiger partial charge is 0.491 e. The molecule has 2 atom stereocenters. The summed E-state index contributed by atoms with van der Waals surface area (Å²) < 4.78 is 11.8. The first-order chi connectivity index (χ1) is 13.3. The second-order valence-electron chi connectivity index (χ2n) is 6.75. The van der Waals surface area contributed by atoms with Crippen LogP contribution in [0.15, 0.2) is 42.5 Å². The third kappa shape index (κ3) is 4.58. The predicted molar refractivity (Wildman–Crippen MR) is 106 cm³/mol. The van der Waals surface area contributed by atoms with E-state index in [1.54, 1.807) is 37.3 Å². The minimum atomic E-state index is -0.378. The number of nitro groups is 1. The molecule has 1 fully saturated rings. The number of benzene rings is 2. The first-order valence-corrected chi connectivity index (χ1v) is 9.01. The third-order valence-electron chi connectivity index (χ3n) is 4.55. The van der Waals surface area contributed by atoms with Crippen molar-refractivity contribution in [3.63, 3.8) is 0 Å². The molecule has 0 bridgehead atoms. The molecule has 1 N–H and O–H groups in total. The van der Waals surface area contributed by atoms with Crippen molar-refractivity contribution in [2.24, 2.45) is 0 Å². The van der Waals surface area contributed by atoms with Gasteiger partial charge in [0, 0.05) is 29.9 Å². The molecule has 0 saturated carbocycles. The standard InChI is InChI=1S/C20H23N3O5/c1-13-10-17(6-9-20(13)23(25)26)22-11-19(28-15(22)3)12-27-18-7-4-16(5-8-18)21-14(2)24/h4-10,15,19H,11-12H2,1-3H3,(H,21,24)/t15-,19+/m1/s1. The number of nitrogens with zero attached hydrogens (tertiary/aromatic N) is 2. The van der Waals surface area contributed by atoms with Crippen molar-refractivity contribution in [2.75, 3.05) is 23.4 Å². The monoisotopic (exact) mass is 385 g/mol. The van der Waals surface area contributed by atoms with E-state index in [9.17, 15) is 14.9 Å². The molecular weight excluding hydrogens is 362 g/mol. The van der Waals surface area contributed by atoms with Gasteiger partial charge in [-0.1, -0.05) is 0 Å². The number of hydrogen-bond donors (Lipinski definition) is 1. The van der Waals surface area contributed by atoms with E-state index < -0.39 is 0 Å². The van der Waals surface area contributed by atoms with Gasteiger partial charge >= 0.3 is 0 Å². The molecule has 0 unspecified atom stereocenters. The number of carbonyl (C=O) groups is 1. The van der Waals surface area contributed by atoms with Gasteiger partial charge in [0.1, 0.15) is 24.7 Å². The molecule has 0 spiro atoms. The van der Waals surface area contributed by atoms with Crippen molar-refractivity contribution in [1.29, 1.82) is 0 Å². The van der Waals surface area contributed by atoms with Crippen LogP contribution in [0.4, 0.5) is 17.1 Å². The second kappa shape index (κ2) is 8.26. The summed E-state index contributed by atoms with van der Waals surface area (Å²) in [6.07, 6.45) is -0.280. The van der Waals surface area contributed by atoms with Crippen LogP contribution in [-0.2, 0) is 9.53 Å². The average molecular weight is 385 g/mol. The zero-order valence-corrected chi connectivity index (χ0v) is 16.0. The molecule has 1 heterocycles. The number of nitrogens with one attached hydrogen (secondary N) is 1. The van der Waals surface area contributed by atoms with Crippen LogP contribution in [0.25, 0.3) is 0 Å². The quantitative estimate of drug-likeness (QED) is 0.604. The average Bonchev–Trinajstić information content (AvgIpc) is 3.01. The lowest BCUT2D eigenvalue weighted by molar-refractivity contribution is -0.385. The maximum absolute atomic E-state index is 11.1. The van der Waals surface area contributed by atoms with E-state index in [-0.39, 0.29) is 28.8 Å². The molecule has 1 saturated heterocycles. The Balaban J connectivity index is 1.58. The number of nitro benzene ring substituents is 1. The number of hydrogen-bond acceptors (Lipinski definition) is 6. The number of aryl methyl sites for hydroxylation is 1. The lowest BCUT2D eigenvalue weighted by Crippen LogP contribution is -2.28. The molecule has 3 rings (SSSR count). The second-order valence-corrected chi connectivity index (χ2v) is 6.75. The molecule has 0 aromatic heterocycles. The summed E-state index contributed by atoms with van der Waals surface area (Å²) in [5, 5.41) is 13.7. The highest BCUT2D eigenvalue weighted by Gasteiger charge is 2.31. The molecule has 8 nitrogen and oxygen atoms in total. The van der Waals surface area contributed by atoms with Gasteiger partial charge in [-0.25, -0.2) is 0 Å². The predicted octanol–water partition coefficient (Wildman–Crippen LogP) is 3.49. The molecule has 2 aromatic rings. The summed E-state index contributed by atoms with van der Waals surface area (Å²) in [5.41, 5.74) is 2.33. The Hall–Kier alpha value is -3.13. The number of rotatable bonds is 6. The molecule has 1 amide bonds. The Morgan fingerprint density at radius 2 is 2.04 bits per heavy atom. The maximum Gasteiger partial charge on any atom is 0.272 e. The van der Waals surface area contributed by atoms with Crippen LogP contribution < -0.4 is 15.0 Å². The van der Waals surface area contributed by atoms with Gasteiger partial charge in [-0.3, -0.25) is 14.9 Å². The summed E-state index contributed by atoms with van der Waals surface area (Å²) in [6, 6.07) is 12.2. The Morgan fingerprint density at radius 3 is 2.64 bits per heavy atom. The van der Waals surface area contributed by atoms with Gasteiger partial charge in [0.05, 0.1) is 11.5 Å². The van der Waals surface area contributed by atoms with Crippen molar-refractivity contribution in [3.05, 3.63) is 58.1 Å². The van der Waals surface area contributed by atoms with Crippen LogP contribution in [0.2, 0.25) is 0 Å². The van der Waals surface area contributed by atoms with Crippen LogP contribution in [0, 0.1) is 17.0 Å². The Morgan fingerprint density at radius 1 is 1.32 bits per heavy atom. The van der Waals surface area contributed by atoms with Gasteiger partial charge in [-0.05, 0) is 50.2 Å². The smallest absolute Gasteiger partial charge is 0.272 e. The van der Waals surface area contributed by atoms with Crippen LogP contribution in [0.1, 0.15) is 19.4 Å². The van der Waals surface area contributed by atoms with E-state index in [4.69, 9.17) is 9.47 Å². The molecule has 0 aliphatic carbocycles. The summed E-state index contributed by atoms with van der Waals surface area (Å²) in [4.78, 5) is 23.7. The molecule has 1 aliphatic heterocycles. The van der Waals surface area contributed by atoms with Crippen molar-refractivity contribution in [1.82, 2.24) is 0 Å². The van der Waals surface area contributed by atoms with Gasteiger partial charge in [0.15, 0.2) is 0 Å². The fraction of sp³-hybridized carbons (Fsp3) is 0.350. The van der Waals surface area contributed by atoms with Crippen molar-refractivity contribution in [2.45, 2.75) is 33.1 Å². The minimum absolute atomic E-state index is 0.110. The van der Waals surface area contributed by atoms with Crippen LogP contribution in [-0.4, -0.2) is 36.3 Å². The lowest BCUT2D eigenvalue weighted by Gasteiger charge is -2.22. The Bertz CT molecular complexity index is 869. The lowest BCUT2D eigenvalue weighted by atomic mass is 10.1. The van der Waals surface area contributed by atoms with Crippen molar-refractivity contribution in [3.8, 4) is 5.75 Å². The molecule has 1 aliphatic rings. The first-order valence-electron chi connectivity index (χ1n) is 9.01. The third-order valence-corrected chi connectivity index (χ3v) is 4.55. The zero-order valence-electron chi connectivity index (χ0n) is 16.0. The Labute approximate surface area is 163 Å². The van der Waals surface area contributed by atoms with E-state index in [1.165, 1.54) is 13.0 Å². The number of amides is 1. The normalized spacial score (nSPS) is 18.8. The van der Waals surface area contributed by atoms with Gasteiger partial charge < -0.3 is 19.7 Å². The molecule has 28 heavy (non-hydrogen) atoms. The highest BCUT2D eigenvalue weighted by molar-refractivity contribution is 5.88. The topological polar surface area (TPSA) is 93.9 Å². The van der Waals surface area contributed by atoms with E-state index in [1.807, 2.05) is 13.0 Å². The fourth-order valence-electron chi connectivity index (χ4n) is 3.22. The van der Waals surface area contributed by atoms with E-state index >= 15 is 0 Å².